The fourth-order valence-corrected chi connectivity index (χ4v) is 3.16. The average molecular weight is 222 g/mol. The van der Waals surface area contributed by atoms with Crippen molar-refractivity contribution in [3.8, 4) is 0 Å². The number of rotatable bonds is 1. The molecule has 0 fully saturated rings. The molecule has 0 aliphatic carbocycles. The van der Waals surface area contributed by atoms with E-state index in [1.165, 1.54) is 19.4 Å². The van der Waals surface area contributed by atoms with Gasteiger partial charge in [0.15, 0.2) is 0 Å². The molecule has 0 heterocycles. The van der Waals surface area contributed by atoms with Crippen LogP contribution in [-0.2, 0) is 4.57 Å². The van der Waals surface area contributed by atoms with Crippen LogP contribution < -0.4 is 11.0 Å². The van der Waals surface area contributed by atoms with E-state index in [-0.39, 0.29) is 16.0 Å². The molecule has 0 spiro atoms. The molecule has 0 saturated heterocycles. The van der Waals surface area contributed by atoms with Crippen molar-refractivity contribution in [2.45, 2.75) is 0 Å². The Balaban J connectivity index is 3.52. The minimum absolute atomic E-state index is 0.131. The summed E-state index contributed by atoms with van der Waals surface area (Å²) < 4.78 is 24.7. The summed E-state index contributed by atoms with van der Waals surface area (Å²) in [6, 6.07) is 2.53. The first-order chi connectivity index (χ1) is 5.84. The zero-order valence-corrected chi connectivity index (χ0v) is 8.99. The first-order valence-electron chi connectivity index (χ1n) is 3.63. The number of hydrogen-bond donors (Lipinski definition) is 1. The minimum atomic E-state index is -2.62. The number of nitrogens with two attached hydrogens (primary N) is 1. The van der Waals surface area contributed by atoms with Crippen LogP contribution in [0.1, 0.15) is 0 Å². The Morgan fingerprint density at radius 2 is 2.00 bits per heavy atom. The van der Waals surface area contributed by atoms with E-state index in [4.69, 9.17) is 17.3 Å². The van der Waals surface area contributed by atoms with Crippen LogP contribution >= 0.6 is 18.7 Å². The van der Waals surface area contributed by atoms with Crippen LogP contribution in [0.2, 0.25) is 5.02 Å². The maximum Gasteiger partial charge on any atom is 0.142 e. The lowest BCUT2D eigenvalue weighted by molar-refractivity contribution is 0.587. The van der Waals surface area contributed by atoms with Gasteiger partial charge in [-0.15, -0.1) is 0 Å². The molecule has 0 aliphatic rings. The van der Waals surface area contributed by atoms with Crippen molar-refractivity contribution in [3.63, 3.8) is 0 Å². The summed E-state index contributed by atoms with van der Waals surface area (Å²) in [6.07, 6.45) is 0. The van der Waals surface area contributed by atoms with E-state index in [1.54, 1.807) is 0 Å². The van der Waals surface area contributed by atoms with E-state index in [2.05, 4.69) is 0 Å². The summed E-state index contributed by atoms with van der Waals surface area (Å²) in [5.74, 6) is -0.588. The average Bonchev–Trinajstić information content (AvgIpc) is 1.95. The predicted molar refractivity (Wildman–Crippen MR) is 54.9 cm³/mol. The lowest BCUT2D eigenvalue weighted by Gasteiger charge is -2.12. The van der Waals surface area contributed by atoms with Crippen LogP contribution in [0.3, 0.4) is 0 Å². The second-order valence-corrected chi connectivity index (χ2v) is 6.68. The van der Waals surface area contributed by atoms with Crippen LogP contribution in [0.4, 0.5) is 10.1 Å². The van der Waals surface area contributed by atoms with Gasteiger partial charge in [0.25, 0.3) is 0 Å². The topological polar surface area (TPSA) is 43.1 Å². The molecule has 5 heteroatoms. The molecule has 1 aromatic rings. The Morgan fingerprint density at radius 1 is 1.46 bits per heavy atom. The van der Waals surface area contributed by atoms with Crippen LogP contribution in [0, 0.1) is 5.82 Å². The van der Waals surface area contributed by atoms with Crippen molar-refractivity contribution in [2.24, 2.45) is 0 Å². The molecular formula is C8H10ClFNOP. The summed E-state index contributed by atoms with van der Waals surface area (Å²) in [7, 11) is -2.62. The predicted octanol–water partition coefficient (Wildman–Crippen LogP) is 2.31. The van der Waals surface area contributed by atoms with Gasteiger partial charge in [-0.1, -0.05) is 11.6 Å². The van der Waals surface area contributed by atoms with Crippen LogP contribution in [-0.4, -0.2) is 13.3 Å². The van der Waals surface area contributed by atoms with Gasteiger partial charge < -0.3 is 10.3 Å². The third-order valence-electron chi connectivity index (χ3n) is 1.64. The van der Waals surface area contributed by atoms with E-state index >= 15 is 0 Å². The van der Waals surface area contributed by atoms with Gasteiger partial charge in [0.05, 0.1) is 10.3 Å². The second kappa shape index (κ2) is 3.32. The van der Waals surface area contributed by atoms with Crippen molar-refractivity contribution < 1.29 is 8.96 Å². The molecule has 72 valence electrons. The SMILES string of the molecule is CP(C)(=O)c1c(N)ccc(F)c1Cl. The molecule has 0 atom stereocenters. The molecule has 0 aliphatic heterocycles. The number of benzene rings is 1. The highest BCUT2D eigenvalue weighted by atomic mass is 35.5. The monoisotopic (exact) mass is 221 g/mol. The molecule has 0 saturated carbocycles. The first-order valence-corrected chi connectivity index (χ1v) is 6.61. The summed E-state index contributed by atoms with van der Waals surface area (Å²) in [6.45, 7) is 3.01. The van der Waals surface area contributed by atoms with E-state index in [9.17, 15) is 8.96 Å². The summed E-state index contributed by atoms with van der Waals surface area (Å²) in [5.41, 5.74) is 5.83. The van der Waals surface area contributed by atoms with E-state index < -0.39 is 13.0 Å². The van der Waals surface area contributed by atoms with E-state index in [0.29, 0.717) is 0 Å². The Bertz CT molecular complexity index is 388. The zero-order chi connectivity index (χ0) is 10.2. The number of hydrogen-bond acceptors (Lipinski definition) is 2. The van der Waals surface area contributed by atoms with Gasteiger partial charge in [-0.2, -0.15) is 0 Å². The molecule has 0 radical (unpaired) electrons. The van der Waals surface area contributed by atoms with Crippen molar-refractivity contribution in [3.05, 3.63) is 23.0 Å². The van der Waals surface area contributed by atoms with Crippen LogP contribution in [0.5, 0.6) is 0 Å². The maximum atomic E-state index is 13.0. The van der Waals surface area contributed by atoms with Gasteiger partial charge in [0, 0.05) is 5.69 Å². The normalized spacial score (nSPS) is 11.7. The van der Waals surface area contributed by atoms with Gasteiger partial charge >= 0.3 is 0 Å². The summed E-state index contributed by atoms with van der Waals surface area (Å²) in [4.78, 5) is 0. The Labute approximate surface area is 81.3 Å². The molecule has 0 unspecified atom stereocenters. The van der Waals surface area contributed by atoms with Gasteiger partial charge in [-0.05, 0) is 25.5 Å². The van der Waals surface area contributed by atoms with E-state index in [0.717, 1.165) is 6.07 Å². The fraction of sp³-hybridized carbons (Fsp3) is 0.250. The van der Waals surface area contributed by atoms with Crippen LogP contribution in [0.25, 0.3) is 0 Å². The van der Waals surface area contributed by atoms with Crippen molar-refractivity contribution >= 4 is 29.7 Å². The fourth-order valence-electron chi connectivity index (χ4n) is 1.10. The maximum absolute atomic E-state index is 13.0. The van der Waals surface area contributed by atoms with Gasteiger partial charge in [-0.25, -0.2) is 4.39 Å². The Hall–Kier alpha value is -0.530. The molecule has 1 rings (SSSR count). The largest absolute Gasteiger partial charge is 0.398 e. The first kappa shape index (κ1) is 10.6. The lowest BCUT2D eigenvalue weighted by atomic mass is 10.3. The molecule has 1 aromatic carbocycles. The van der Waals surface area contributed by atoms with Crippen molar-refractivity contribution in [1.82, 2.24) is 0 Å². The lowest BCUT2D eigenvalue weighted by Crippen LogP contribution is -2.12. The number of anilines is 1. The number of nitrogen functional groups attached to an aromatic ring is 1. The van der Waals surface area contributed by atoms with Crippen LogP contribution in [0.15, 0.2) is 12.1 Å². The summed E-state index contributed by atoms with van der Waals surface area (Å²) >= 11 is 5.66. The highest BCUT2D eigenvalue weighted by Gasteiger charge is 2.20. The minimum Gasteiger partial charge on any atom is -0.398 e. The third kappa shape index (κ3) is 2.04. The van der Waals surface area contributed by atoms with Gasteiger partial charge in [-0.3, -0.25) is 0 Å². The highest BCUT2D eigenvalue weighted by molar-refractivity contribution is 7.70. The van der Waals surface area contributed by atoms with Gasteiger partial charge in [0.1, 0.15) is 13.0 Å². The van der Waals surface area contributed by atoms with E-state index in [1.807, 2.05) is 0 Å². The molecule has 2 N–H and O–H groups in total. The van der Waals surface area contributed by atoms with Crippen molar-refractivity contribution in [1.29, 1.82) is 0 Å². The number of halogens is 2. The quantitative estimate of drug-likeness (QED) is 0.584. The smallest absolute Gasteiger partial charge is 0.142 e. The highest BCUT2D eigenvalue weighted by Crippen LogP contribution is 2.40. The Kier molecular flexibility index (Phi) is 2.69. The molecule has 13 heavy (non-hydrogen) atoms. The molecule has 2 nitrogen and oxygen atoms in total. The molecule has 0 amide bonds. The molecule has 0 aromatic heterocycles. The standard InChI is InChI=1S/C8H10ClFNOP/c1-13(2,12)8-6(11)4-3-5(10)7(8)9/h3-4H,11H2,1-2H3. The second-order valence-electron chi connectivity index (χ2n) is 3.15. The zero-order valence-electron chi connectivity index (χ0n) is 7.34. The molecular weight excluding hydrogens is 212 g/mol. The molecule has 0 bridgehead atoms. The Morgan fingerprint density at radius 3 is 2.38 bits per heavy atom. The third-order valence-corrected chi connectivity index (χ3v) is 3.70. The van der Waals surface area contributed by atoms with Gasteiger partial charge in [0.2, 0.25) is 0 Å². The summed E-state index contributed by atoms with van der Waals surface area (Å²) in [5, 5.41) is 0.0995. The van der Waals surface area contributed by atoms with Crippen molar-refractivity contribution in [2.75, 3.05) is 19.1 Å².